The maximum Gasteiger partial charge on any atom is 0.306 e. The highest BCUT2D eigenvalue weighted by Crippen LogP contribution is 2.19. The zero-order valence-corrected chi connectivity index (χ0v) is 10.3. The van der Waals surface area contributed by atoms with Crippen LogP contribution in [0.25, 0.3) is 0 Å². The van der Waals surface area contributed by atoms with Gasteiger partial charge in [-0.25, -0.2) is 0 Å². The molecule has 16 heavy (non-hydrogen) atoms. The monoisotopic (exact) mass is 220 g/mol. The van der Waals surface area contributed by atoms with Crippen LogP contribution in [-0.2, 0) is 9.53 Å². The van der Waals surface area contributed by atoms with Crippen LogP contribution in [0.3, 0.4) is 0 Å². The minimum absolute atomic E-state index is 0.102. The summed E-state index contributed by atoms with van der Waals surface area (Å²) in [5.74, 6) is 0.125. The van der Waals surface area contributed by atoms with E-state index in [1.807, 2.05) is 6.92 Å². The Morgan fingerprint density at radius 1 is 1.31 bits per heavy atom. The third-order valence-corrected chi connectivity index (χ3v) is 2.59. The van der Waals surface area contributed by atoms with Gasteiger partial charge >= 0.3 is 5.97 Å². The standard InChI is InChI=1S/C14H20O2/c1-4-9-16-14(15)10-12(3)13-7-5-11(2)6-8-13/h5-8,12H,4,9-10H2,1-3H3. The summed E-state index contributed by atoms with van der Waals surface area (Å²) < 4.78 is 5.07. The van der Waals surface area contributed by atoms with Gasteiger partial charge in [0.05, 0.1) is 13.0 Å². The van der Waals surface area contributed by atoms with Gasteiger partial charge in [-0.2, -0.15) is 0 Å². The van der Waals surface area contributed by atoms with E-state index in [-0.39, 0.29) is 11.9 Å². The lowest BCUT2D eigenvalue weighted by Crippen LogP contribution is -2.09. The molecule has 1 atom stereocenters. The summed E-state index contributed by atoms with van der Waals surface area (Å²) in [7, 11) is 0. The molecule has 0 N–H and O–H groups in total. The molecular weight excluding hydrogens is 200 g/mol. The summed E-state index contributed by atoms with van der Waals surface area (Å²) >= 11 is 0. The summed E-state index contributed by atoms with van der Waals surface area (Å²) in [5, 5.41) is 0. The summed E-state index contributed by atoms with van der Waals surface area (Å²) in [4.78, 5) is 11.4. The summed E-state index contributed by atoms with van der Waals surface area (Å²) in [6, 6.07) is 8.30. The Hall–Kier alpha value is -1.31. The van der Waals surface area contributed by atoms with E-state index in [0.717, 1.165) is 6.42 Å². The molecule has 0 aliphatic carbocycles. The van der Waals surface area contributed by atoms with Gasteiger partial charge in [0.2, 0.25) is 0 Å². The van der Waals surface area contributed by atoms with Crippen LogP contribution >= 0.6 is 0 Å². The van der Waals surface area contributed by atoms with Crippen molar-refractivity contribution in [1.29, 1.82) is 0 Å². The number of hydrogen-bond acceptors (Lipinski definition) is 2. The van der Waals surface area contributed by atoms with Crippen LogP contribution in [0, 0.1) is 6.92 Å². The normalized spacial score (nSPS) is 12.2. The first-order valence-electron chi connectivity index (χ1n) is 5.85. The average Bonchev–Trinajstić information content (AvgIpc) is 2.27. The molecule has 1 aromatic rings. The number of benzene rings is 1. The zero-order chi connectivity index (χ0) is 12.0. The predicted molar refractivity (Wildman–Crippen MR) is 65.5 cm³/mol. The third-order valence-electron chi connectivity index (χ3n) is 2.59. The second kappa shape index (κ2) is 6.31. The maximum atomic E-state index is 11.4. The first kappa shape index (κ1) is 12.8. The molecule has 0 radical (unpaired) electrons. The van der Waals surface area contributed by atoms with Gasteiger partial charge in [0.15, 0.2) is 0 Å². The van der Waals surface area contributed by atoms with Gasteiger partial charge in [0.25, 0.3) is 0 Å². The molecule has 0 amide bonds. The van der Waals surface area contributed by atoms with Crippen LogP contribution in [0.4, 0.5) is 0 Å². The van der Waals surface area contributed by atoms with Gasteiger partial charge in [-0.1, -0.05) is 43.7 Å². The second-order valence-electron chi connectivity index (χ2n) is 4.24. The SMILES string of the molecule is CCCOC(=O)CC(C)c1ccc(C)cc1. The van der Waals surface area contributed by atoms with Gasteiger partial charge < -0.3 is 4.74 Å². The Labute approximate surface area is 97.6 Å². The van der Waals surface area contributed by atoms with Crippen molar-refractivity contribution in [2.75, 3.05) is 6.61 Å². The molecule has 0 bridgehead atoms. The highest BCUT2D eigenvalue weighted by molar-refractivity contribution is 5.70. The lowest BCUT2D eigenvalue weighted by atomic mass is 9.97. The van der Waals surface area contributed by atoms with Crippen molar-refractivity contribution in [2.24, 2.45) is 0 Å². The Morgan fingerprint density at radius 3 is 2.50 bits per heavy atom. The summed E-state index contributed by atoms with van der Waals surface area (Å²) in [5.41, 5.74) is 2.43. The molecular formula is C14H20O2. The number of carbonyl (C=O) groups excluding carboxylic acids is 1. The van der Waals surface area contributed by atoms with Crippen LogP contribution in [0.1, 0.15) is 43.7 Å². The molecule has 1 rings (SSSR count). The second-order valence-corrected chi connectivity index (χ2v) is 4.24. The molecule has 0 aromatic heterocycles. The number of aryl methyl sites for hydroxylation is 1. The molecule has 0 aliphatic heterocycles. The van der Waals surface area contributed by atoms with Crippen LogP contribution in [0.5, 0.6) is 0 Å². The molecule has 88 valence electrons. The highest BCUT2D eigenvalue weighted by atomic mass is 16.5. The number of ether oxygens (including phenoxy) is 1. The van der Waals surface area contributed by atoms with Crippen molar-refractivity contribution < 1.29 is 9.53 Å². The molecule has 2 nitrogen and oxygen atoms in total. The lowest BCUT2D eigenvalue weighted by molar-refractivity contribution is -0.144. The zero-order valence-electron chi connectivity index (χ0n) is 10.3. The van der Waals surface area contributed by atoms with Gasteiger partial charge in [-0.15, -0.1) is 0 Å². The molecule has 0 saturated heterocycles. The molecule has 0 spiro atoms. The highest BCUT2D eigenvalue weighted by Gasteiger charge is 2.11. The largest absolute Gasteiger partial charge is 0.466 e. The number of hydrogen-bond donors (Lipinski definition) is 0. The minimum atomic E-state index is -0.102. The summed E-state index contributed by atoms with van der Waals surface area (Å²) in [6.45, 7) is 6.64. The molecule has 0 heterocycles. The first-order valence-corrected chi connectivity index (χ1v) is 5.85. The van der Waals surface area contributed by atoms with Gasteiger partial charge in [-0.05, 0) is 24.8 Å². The van der Waals surface area contributed by atoms with E-state index in [1.54, 1.807) is 0 Å². The minimum Gasteiger partial charge on any atom is -0.466 e. The van der Waals surface area contributed by atoms with Crippen molar-refractivity contribution in [3.63, 3.8) is 0 Å². The maximum absolute atomic E-state index is 11.4. The van der Waals surface area contributed by atoms with E-state index in [9.17, 15) is 4.79 Å². The van der Waals surface area contributed by atoms with E-state index in [1.165, 1.54) is 11.1 Å². The van der Waals surface area contributed by atoms with E-state index >= 15 is 0 Å². The topological polar surface area (TPSA) is 26.3 Å². The Kier molecular flexibility index (Phi) is 5.03. The third kappa shape index (κ3) is 4.05. The molecule has 0 saturated carbocycles. The van der Waals surface area contributed by atoms with E-state index < -0.39 is 0 Å². The van der Waals surface area contributed by atoms with Gasteiger partial charge in [0, 0.05) is 0 Å². The fourth-order valence-corrected chi connectivity index (χ4v) is 1.54. The quantitative estimate of drug-likeness (QED) is 0.710. The molecule has 0 fully saturated rings. The van der Waals surface area contributed by atoms with Gasteiger partial charge in [-0.3, -0.25) is 4.79 Å². The van der Waals surface area contributed by atoms with Crippen molar-refractivity contribution in [3.8, 4) is 0 Å². The molecule has 0 aliphatic rings. The summed E-state index contributed by atoms with van der Waals surface area (Å²) in [6.07, 6.45) is 1.34. The van der Waals surface area contributed by atoms with Crippen LogP contribution in [-0.4, -0.2) is 12.6 Å². The fraction of sp³-hybridized carbons (Fsp3) is 0.500. The average molecular weight is 220 g/mol. The molecule has 2 heteroatoms. The van der Waals surface area contributed by atoms with Crippen molar-refractivity contribution in [3.05, 3.63) is 35.4 Å². The van der Waals surface area contributed by atoms with E-state index in [4.69, 9.17) is 4.74 Å². The van der Waals surface area contributed by atoms with E-state index in [2.05, 4.69) is 38.1 Å². The van der Waals surface area contributed by atoms with E-state index in [0.29, 0.717) is 13.0 Å². The number of esters is 1. The van der Waals surface area contributed by atoms with Crippen molar-refractivity contribution in [2.45, 2.75) is 39.5 Å². The van der Waals surface area contributed by atoms with Crippen molar-refractivity contribution in [1.82, 2.24) is 0 Å². The van der Waals surface area contributed by atoms with Crippen LogP contribution in [0.15, 0.2) is 24.3 Å². The first-order chi connectivity index (χ1) is 7.63. The predicted octanol–water partition coefficient (Wildman–Crippen LogP) is 3.44. The van der Waals surface area contributed by atoms with Gasteiger partial charge in [0.1, 0.15) is 0 Å². The fourth-order valence-electron chi connectivity index (χ4n) is 1.54. The number of rotatable bonds is 5. The molecule has 1 unspecified atom stereocenters. The smallest absolute Gasteiger partial charge is 0.306 e. The Morgan fingerprint density at radius 2 is 1.94 bits per heavy atom. The lowest BCUT2D eigenvalue weighted by Gasteiger charge is -2.11. The Bertz CT molecular complexity index is 327. The van der Waals surface area contributed by atoms with Crippen LogP contribution in [0.2, 0.25) is 0 Å². The van der Waals surface area contributed by atoms with Crippen molar-refractivity contribution >= 4 is 5.97 Å². The Balaban J connectivity index is 2.48. The molecule has 1 aromatic carbocycles. The number of carbonyl (C=O) groups is 1. The van der Waals surface area contributed by atoms with Crippen LogP contribution < -0.4 is 0 Å².